The molecule has 0 radical (unpaired) electrons. The summed E-state index contributed by atoms with van der Waals surface area (Å²) in [5, 5.41) is 0. The molecule has 70 valence electrons. The topological polar surface area (TPSA) is 20.3 Å². The highest BCUT2D eigenvalue weighted by Crippen LogP contribution is 2.21. The van der Waals surface area contributed by atoms with Crippen LogP contribution in [0.5, 0.6) is 0 Å². The lowest BCUT2D eigenvalue weighted by molar-refractivity contribution is -0.125. The molecule has 0 aromatic carbocycles. The SMILES string of the molecule is CC(C)C(=O)C1CC(F)CN1C. The van der Waals surface area contributed by atoms with Crippen molar-refractivity contribution in [2.45, 2.75) is 32.5 Å². The molecular formula is C9H16FNO. The van der Waals surface area contributed by atoms with Crippen LogP contribution in [0.25, 0.3) is 0 Å². The van der Waals surface area contributed by atoms with Gasteiger partial charge in [0.25, 0.3) is 0 Å². The van der Waals surface area contributed by atoms with E-state index < -0.39 is 6.17 Å². The van der Waals surface area contributed by atoms with E-state index >= 15 is 0 Å². The van der Waals surface area contributed by atoms with Gasteiger partial charge in [-0.05, 0) is 7.05 Å². The van der Waals surface area contributed by atoms with Crippen molar-refractivity contribution in [3.05, 3.63) is 0 Å². The number of hydrogen-bond donors (Lipinski definition) is 0. The second-order valence-corrected chi connectivity index (χ2v) is 3.85. The average Bonchev–Trinajstić information content (AvgIpc) is 2.28. The fraction of sp³-hybridized carbons (Fsp3) is 0.889. The lowest BCUT2D eigenvalue weighted by atomic mass is 10.00. The molecule has 0 spiro atoms. The number of carbonyl (C=O) groups excluding carboxylic acids is 1. The van der Waals surface area contributed by atoms with Crippen molar-refractivity contribution in [1.82, 2.24) is 4.90 Å². The van der Waals surface area contributed by atoms with Crippen molar-refractivity contribution in [3.63, 3.8) is 0 Å². The first-order valence-corrected chi connectivity index (χ1v) is 4.40. The maximum atomic E-state index is 12.9. The van der Waals surface area contributed by atoms with Crippen LogP contribution in [0.1, 0.15) is 20.3 Å². The molecule has 1 fully saturated rings. The molecule has 12 heavy (non-hydrogen) atoms. The predicted molar refractivity (Wildman–Crippen MR) is 45.8 cm³/mol. The van der Waals surface area contributed by atoms with Gasteiger partial charge in [0.1, 0.15) is 6.17 Å². The summed E-state index contributed by atoms with van der Waals surface area (Å²) in [4.78, 5) is 13.3. The summed E-state index contributed by atoms with van der Waals surface area (Å²) >= 11 is 0. The van der Waals surface area contributed by atoms with Crippen molar-refractivity contribution < 1.29 is 9.18 Å². The molecule has 1 aliphatic heterocycles. The lowest BCUT2D eigenvalue weighted by Crippen LogP contribution is -2.35. The Kier molecular flexibility index (Phi) is 2.83. The van der Waals surface area contributed by atoms with E-state index in [1.54, 1.807) is 0 Å². The number of likely N-dealkylation sites (N-methyl/N-ethyl adjacent to an activating group) is 1. The summed E-state index contributed by atoms with van der Waals surface area (Å²) in [7, 11) is 1.81. The van der Waals surface area contributed by atoms with E-state index in [9.17, 15) is 9.18 Å². The summed E-state index contributed by atoms with van der Waals surface area (Å²) in [5.41, 5.74) is 0. The minimum atomic E-state index is -0.817. The third-order valence-electron chi connectivity index (χ3n) is 2.39. The van der Waals surface area contributed by atoms with Gasteiger partial charge >= 0.3 is 0 Å². The monoisotopic (exact) mass is 173 g/mol. The first-order chi connectivity index (χ1) is 5.52. The Morgan fingerprint density at radius 1 is 1.58 bits per heavy atom. The molecule has 0 N–H and O–H groups in total. The summed E-state index contributed by atoms with van der Waals surface area (Å²) in [5.74, 6) is 0.181. The summed E-state index contributed by atoms with van der Waals surface area (Å²) in [6.45, 7) is 4.13. The van der Waals surface area contributed by atoms with Crippen molar-refractivity contribution >= 4 is 5.78 Å². The second-order valence-electron chi connectivity index (χ2n) is 3.85. The summed E-state index contributed by atoms with van der Waals surface area (Å²) < 4.78 is 12.9. The zero-order valence-corrected chi connectivity index (χ0v) is 7.88. The fourth-order valence-corrected chi connectivity index (χ4v) is 1.65. The molecule has 0 aliphatic carbocycles. The number of alkyl halides is 1. The average molecular weight is 173 g/mol. The van der Waals surface area contributed by atoms with Gasteiger partial charge in [0.15, 0.2) is 5.78 Å². The minimum Gasteiger partial charge on any atom is -0.298 e. The first-order valence-electron chi connectivity index (χ1n) is 4.40. The van der Waals surface area contributed by atoms with Crippen molar-refractivity contribution in [2.24, 2.45) is 5.92 Å². The van der Waals surface area contributed by atoms with Crippen LogP contribution in [0.3, 0.4) is 0 Å². The van der Waals surface area contributed by atoms with Crippen LogP contribution < -0.4 is 0 Å². The number of likely N-dealkylation sites (tertiary alicyclic amines) is 1. The Balaban J connectivity index is 2.58. The number of halogens is 1. The van der Waals surface area contributed by atoms with Crippen LogP contribution in [-0.2, 0) is 4.79 Å². The first kappa shape index (κ1) is 9.65. The highest BCUT2D eigenvalue weighted by atomic mass is 19.1. The largest absolute Gasteiger partial charge is 0.298 e. The normalized spacial score (nSPS) is 31.4. The third-order valence-corrected chi connectivity index (χ3v) is 2.39. The Morgan fingerprint density at radius 3 is 2.50 bits per heavy atom. The highest BCUT2D eigenvalue weighted by Gasteiger charge is 2.34. The maximum absolute atomic E-state index is 12.9. The van der Waals surface area contributed by atoms with Crippen molar-refractivity contribution in [2.75, 3.05) is 13.6 Å². The van der Waals surface area contributed by atoms with E-state index in [-0.39, 0.29) is 17.7 Å². The number of carbonyl (C=O) groups is 1. The molecule has 1 rings (SSSR count). The van der Waals surface area contributed by atoms with Gasteiger partial charge in [-0.15, -0.1) is 0 Å². The van der Waals surface area contributed by atoms with Crippen LogP contribution >= 0.6 is 0 Å². The van der Waals surface area contributed by atoms with E-state index in [2.05, 4.69) is 0 Å². The molecule has 0 aromatic heterocycles. The number of rotatable bonds is 2. The van der Waals surface area contributed by atoms with E-state index in [4.69, 9.17) is 0 Å². The van der Waals surface area contributed by atoms with Gasteiger partial charge in [0.05, 0.1) is 6.04 Å². The molecule has 0 amide bonds. The molecule has 2 atom stereocenters. The van der Waals surface area contributed by atoms with Crippen LogP contribution in [0.4, 0.5) is 4.39 Å². The van der Waals surface area contributed by atoms with Gasteiger partial charge in [-0.3, -0.25) is 9.69 Å². The van der Waals surface area contributed by atoms with Gasteiger partial charge in [0.2, 0.25) is 0 Å². The molecule has 1 saturated heterocycles. The minimum absolute atomic E-state index is 0.0164. The van der Waals surface area contributed by atoms with E-state index in [0.717, 1.165) is 0 Å². The number of hydrogen-bond acceptors (Lipinski definition) is 2. The van der Waals surface area contributed by atoms with Crippen LogP contribution in [0.15, 0.2) is 0 Å². The van der Waals surface area contributed by atoms with Gasteiger partial charge in [0, 0.05) is 18.9 Å². The molecule has 1 aliphatic rings. The summed E-state index contributed by atoms with van der Waals surface area (Å²) in [6, 6.07) is -0.181. The molecule has 2 unspecified atom stereocenters. The maximum Gasteiger partial charge on any atom is 0.152 e. The predicted octanol–water partition coefficient (Wildman–Crippen LogP) is 1.25. The Labute approximate surface area is 72.7 Å². The fourth-order valence-electron chi connectivity index (χ4n) is 1.65. The van der Waals surface area contributed by atoms with Crippen LogP contribution in [0.2, 0.25) is 0 Å². The third kappa shape index (κ3) is 1.83. The van der Waals surface area contributed by atoms with Gasteiger partial charge in [-0.2, -0.15) is 0 Å². The molecule has 1 heterocycles. The summed E-state index contributed by atoms with van der Waals surface area (Å²) in [6.07, 6.45) is -0.434. The van der Waals surface area contributed by atoms with Crippen molar-refractivity contribution in [1.29, 1.82) is 0 Å². The number of Topliss-reactive ketones (excluding diaryl/α,β-unsaturated/α-hetero) is 1. The van der Waals surface area contributed by atoms with Crippen LogP contribution in [-0.4, -0.2) is 36.5 Å². The van der Waals surface area contributed by atoms with E-state index in [1.165, 1.54) is 0 Å². The molecule has 0 bridgehead atoms. The molecular weight excluding hydrogens is 157 g/mol. The molecule has 0 aromatic rings. The Bertz CT molecular complexity index is 181. The zero-order valence-electron chi connectivity index (χ0n) is 7.88. The number of nitrogens with zero attached hydrogens (tertiary/aromatic N) is 1. The van der Waals surface area contributed by atoms with Gasteiger partial charge < -0.3 is 0 Å². The Hall–Kier alpha value is -0.440. The van der Waals surface area contributed by atoms with E-state index in [1.807, 2.05) is 25.8 Å². The van der Waals surface area contributed by atoms with Gasteiger partial charge in [-0.25, -0.2) is 4.39 Å². The number of ketones is 1. The zero-order chi connectivity index (χ0) is 9.30. The molecule has 2 nitrogen and oxygen atoms in total. The molecule has 0 saturated carbocycles. The highest BCUT2D eigenvalue weighted by molar-refractivity contribution is 5.86. The second kappa shape index (κ2) is 3.52. The van der Waals surface area contributed by atoms with Gasteiger partial charge in [-0.1, -0.05) is 13.8 Å². The lowest BCUT2D eigenvalue weighted by Gasteiger charge is -2.18. The standard InChI is InChI=1S/C9H16FNO/c1-6(2)9(12)8-4-7(10)5-11(8)3/h6-8H,4-5H2,1-3H3. The quantitative estimate of drug-likeness (QED) is 0.626. The smallest absolute Gasteiger partial charge is 0.152 e. The van der Waals surface area contributed by atoms with E-state index in [0.29, 0.717) is 13.0 Å². The molecule has 3 heteroatoms. The van der Waals surface area contributed by atoms with Crippen LogP contribution in [0, 0.1) is 5.92 Å². The Morgan fingerprint density at radius 2 is 2.17 bits per heavy atom. The van der Waals surface area contributed by atoms with Crippen molar-refractivity contribution in [3.8, 4) is 0 Å².